The first kappa shape index (κ1) is 13.9. The average molecular weight is 224 g/mol. The number of carbonyl (C=O) groups excluding carboxylic acids is 2. The fourth-order valence-electron chi connectivity index (χ4n) is 1.03. The fourth-order valence-corrected chi connectivity index (χ4v) is 1.03. The molecule has 1 unspecified atom stereocenters. The molecule has 0 amide bonds. The van der Waals surface area contributed by atoms with Crippen LogP contribution in [0.5, 0.6) is 0 Å². The fraction of sp³-hybridized carbons (Fsp3) is 0.500. The zero-order chi connectivity index (χ0) is 12.8. The molecule has 1 atom stereocenters. The number of esters is 2. The lowest BCUT2D eigenvalue weighted by Crippen LogP contribution is -2.29. The number of nitrogens with one attached hydrogen (secondary N) is 1. The van der Waals surface area contributed by atoms with E-state index in [2.05, 4.69) is 9.47 Å². The molecule has 0 aromatic carbocycles. The Morgan fingerprint density at radius 3 is 2.25 bits per heavy atom. The van der Waals surface area contributed by atoms with Crippen LogP contribution < -0.4 is 0 Å². The average Bonchev–Trinajstić information content (AvgIpc) is 2.33. The Bertz CT molecular complexity index is 390. The number of nitrogens with zero attached hydrogens (tertiary/aromatic N) is 1. The van der Waals surface area contributed by atoms with Crippen LogP contribution in [0.1, 0.15) is 13.3 Å². The summed E-state index contributed by atoms with van der Waals surface area (Å²) in [5.74, 6) is 0.292. The molecule has 6 heteroatoms. The van der Waals surface area contributed by atoms with E-state index in [9.17, 15) is 9.59 Å². The van der Waals surface area contributed by atoms with Crippen LogP contribution in [-0.2, 0) is 19.1 Å². The molecular weight excluding hydrogens is 212 g/mol. The van der Waals surface area contributed by atoms with Gasteiger partial charge in [0.2, 0.25) is 0 Å². The molecule has 0 saturated carbocycles. The van der Waals surface area contributed by atoms with Crippen molar-refractivity contribution in [3.63, 3.8) is 0 Å². The minimum Gasteiger partial charge on any atom is -0.468 e. The van der Waals surface area contributed by atoms with Crippen molar-refractivity contribution in [1.82, 2.24) is 0 Å². The standard InChI is InChI=1S/C10H12N2O4/c1-10(6-12,9(14)16-3)4-7(5-11)8(13)15-2/h11H,4H2,1-3H3. The third-order valence-electron chi connectivity index (χ3n) is 2.00. The monoisotopic (exact) mass is 224 g/mol. The van der Waals surface area contributed by atoms with Gasteiger partial charge in [0.15, 0.2) is 5.41 Å². The smallest absolute Gasteiger partial charge is 0.343 e. The van der Waals surface area contributed by atoms with Crippen molar-refractivity contribution in [2.24, 2.45) is 5.41 Å². The molecule has 1 N–H and O–H groups in total. The van der Waals surface area contributed by atoms with Gasteiger partial charge in [0.05, 0.1) is 25.9 Å². The summed E-state index contributed by atoms with van der Waals surface area (Å²) in [7, 11) is 2.28. The second kappa shape index (κ2) is 5.69. The molecule has 0 rings (SSSR count). The van der Waals surface area contributed by atoms with Crippen LogP contribution in [0.3, 0.4) is 0 Å². The quantitative estimate of drug-likeness (QED) is 0.424. The van der Waals surface area contributed by atoms with Crippen LogP contribution in [0.2, 0.25) is 0 Å². The number of rotatable bonds is 4. The Labute approximate surface area is 93.0 Å². The molecule has 0 aliphatic rings. The molecule has 0 saturated heterocycles. The molecule has 0 aliphatic carbocycles. The Morgan fingerprint density at radius 1 is 1.38 bits per heavy atom. The minimum absolute atomic E-state index is 0.183. The lowest BCUT2D eigenvalue weighted by Gasteiger charge is -2.17. The van der Waals surface area contributed by atoms with E-state index in [1.165, 1.54) is 6.92 Å². The predicted molar refractivity (Wildman–Crippen MR) is 53.6 cm³/mol. The highest BCUT2D eigenvalue weighted by Gasteiger charge is 2.37. The van der Waals surface area contributed by atoms with Crippen molar-refractivity contribution in [3.05, 3.63) is 5.57 Å². The summed E-state index contributed by atoms with van der Waals surface area (Å²) in [5, 5.41) is 15.8. The van der Waals surface area contributed by atoms with Crippen LogP contribution in [0, 0.1) is 22.2 Å². The maximum atomic E-state index is 11.3. The summed E-state index contributed by atoms with van der Waals surface area (Å²) in [4.78, 5) is 22.5. The molecule has 0 aromatic rings. The van der Waals surface area contributed by atoms with Crippen molar-refractivity contribution in [2.75, 3.05) is 14.2 Å². The number of ether oxygens (including phenoxy) is 2. The van der Waals surface area contributed by atoms with Gasteiger partial charge in [0.1, 0.15) is 0 Å². The van der Waals surface area contributed by atoms with E-state index < -0.39 is 17.4 Å². The molecule has 86 valence electrons. The molecule has 6 nitrogen and oxygen atoms in total. The Morgan fingerprint density at radius 2 is 1.94 bits per heavy atom. The summed E-state index contributed by atoms with van der Waals surface area (Å²) in [6.45, 7) is 1.32. The van der Waals surface area contributed by atoms with Gasteiger partial charge < -0.3 is 9.47 Å². The number of methoxy groups -OCH3 is 2. The van der Waals surface area contributed by atoms with Gasteiger partial charge in [-0.05, 0) is 12.8 Å². The van der Waals surface area contributed by atoms with E-state index in [0.29, 0.717) is 0 Å². The van der Waals surface area contributed by atoms with Crippen molar-refractivity contribution in [1.29, 1.82) is 10.7 Å². The van der Waals surface area contributed by atoms with Crippen molar-refractivity contribution >= 4 is 17.8 Å². The summed E-state index contributed by atoms with van der Waals surface area (Å²) < 4.78 is 8.84. The van der Waals surface area contributed by atoms with Gasteiger partial charge >= 0.3 is 11.9 Å². The maximum Gasteiger partial charge on any atom is 0.343 e. The van der Waals surface area contributed by atoms with Crippen LogP contribution in [0.15, 0.2) is 5.57 Å². The van der Waals surface area contributed by atoms with Gasteiger partial charge in [-0.1, -0.05) is 0 Å². The van der Waals surface area contributed by atoms with Crippen molar-refractivity contribution in [3.8, 4) is 6.07 Å². The first-order valence-electron chi connectivity index (χ1n) is 4.31. The molecule has 16 heavy (non-hydrogen) atoms. The first-order valence-corrected chi connectivity index (χ1v) is 4.31. The highest BCUT2D eigenvalue weighted by molar-refractivity contribution is 5.98. The van der Waals surface area contributed by atoms with Crippen molar-refractivity contribution in [2.45, 2.75) is 13.3 Å². The maximum absolute atomic E-state index is 11.3. The zero-order valence-corrected chi connectivity index (χ0v) is 9.29. The lowest BCUT2D eigenvalue weighted by molar-refractivity contribution is -0.148. The summed E-state index contributed by atoms with van der Waals surface area (Å²) in [6.07, 6.45) is -0.271. The number of hydrogen-bond donors (Lipinski definition) is 1. The van der Waals surface area contributed by atoms with Crippen LogP contribution in [0.4, 0.5) is 0 Å². The molecular formula is C10H12N2O4. The topological polar surface area (TPSA) is 100 Å². The SMILES string of the molecule is COC(=O)C(=C=N)CC(C)(C#N)C(=O)OC. The second-order valence-electron chi connectivity index (χ2n) is 3.21. The Kier molecular flexibility index (Phi) is 4.93. The van der Waals surface area contributed by atoms with Gasteiger partial charge in [0, 0.05) is 6.42 Å². The third-order valence-corrected chi connectivity index (χ3v) is 2.00. The normalized spacial score (nSPS) is 12.6. The van der Waals surface area contributed by atoms with Gasteiger partial charge in [-0.15, -0.1) is 0 Å². The summed E-state index contributed by atoms with van der Waals surface area (Å²) in [5.41, 5.74) is -1.70. The largest absolute Gasteiger partial charge is 0.468 e. The zero-order valence-electron chi connectivity index (χ0n) is 9.29. The van der Waals surface area contributed by atoms with Crippen LogP contribution in [-0.4, -0.2) is 32.0 Å². The van der Waals surface area contributed by atoms with E-state index in [4.69, 9.17) is 10.7 Å². The first-order chi connectivity index (χ1) is 7.45. The van der Waals surface area contributed by atoms with E-state index in [-0.39, 0.29) is 12.0 Å². The molecule has 0 radical (unpaired) electrons. The van der Waals surface area contributed by atoms with Crippen LogP contribution >= 0.6 is 0 Å². The van der Waals surface area contributed by atoms with E-state index in [1.807, 2.05) is 5.87 Å². The molecule has 0 fully saturated rings. The van der Waals surface area contributed by atoms with Crippen LogP contribution in [0.25, 0.3) is 0 Å². The molecule has 0 bridgehead atoms. The van der Waals surface area contributed by atoms with E-state index in [0.717, 1.165) is 14.2 Å². The molecule has 0 aliphatic heterocycles. The summed E-state index contributed by atoms with van der Waals surface area (Å²) in [6, 6.07) is 1.75. The van der Waals surface area contributed by atoms with Gasteiger partial charge in [-0.2, -0.15) is 5.26 Å². The molecule has 0 aromatic heterocycles. The van der Waals surface area contributed by atoms with E-state index in [1.54, 1.807) is 6.07 Å². The number of hydrogen-bond acceptors (Lipinski definition) is 6. The number of carbonyl (C=O) groups is 2. The lowest BCUT2D eigenvalue weighted by atomic mass is 9.85. The molecule has 0 heterocycles. The Hall–Kier alpha value is -2.12. The predicted octanol–water partition coefficient (Wildman–Crippen LogP) is 0.427. The second-order valence-corrected chi connectivity index (χ2v) is 3.21. The summed E-state index contributed by atoms with van der Waals surface area (Å²) >= 11 is 0. The molecule has 0 spiro atoms. The van der Waals surface area contributed by atoms with Gasteiger partial charge in [0.25, 0.3) is 0 Å². The Balaban J connectivity index is 5.07. The van der Waals surface area contributed by atoms with Crippen molar-refractivity contribution < 1.29 is 19.1 Å². The minimum atomic E-state index is -1.52. The highest BCUT2D eigenvalue weighted by Crippen LogP contribution is 2.26. The number of nitriles is 1. The third kappa shape index (κ3) is 2.94. The van der Waals surface area contributed by atoms with Gasteiger partial charge in [-0.3, -0.25) is 10.2 Å². The van der Waals surface area contributed by atoms with E-state index >= 15 is 0 Å². The highest BCUT2D eigenvalue weighted by atomic mass is 16.5. The van der Waals surface area contributed by atoms with Gasteiger partial charge in [-0.25, -0.2) is 4.79 Å².